The SMILES string of the molecule is Cc1cn(-c2ccc(N3C[C@@H](C)O[C@@H](C)C3)cc2)c(=O)c2cccc(-c3ccccc3)c12. The first-order chi connectivity index (χ1) is 15.5. The zero-order valence-corrected chi connectivity index (χ0v) is 18.8. The van der Waals surface area contributed by atoms with Crippen molar-refractivity contribution in [2.45, 2.75) is 33.0 Å². The van der Waals surface area contributed by atoms with Crippen molar-refractivity contribution in [2.24, 2.45) is 0 Å². The van der Waals surface area contributed by atoms with Crippen LogP contribution in [0.4, 0.5) is 5.69 Å². The number of morpholine rings is 1. The summed E-state index contributed by atoms with van der Waals surface area (Å²) in [5.41, 5.74) is 5.34. The molecule has 0 spiro atoms. The second kappa shape index (κ2) is 8.29. The number of hydrogen-bond acceptors (Lipinski definition) is 3. The second-order valence-corrected chi connectivity index (χ2v) is 8.76. The van der Waals surface area contributed by atoms with Crippen LogP contribution in [0.3, 0.4) is 0 Å². The Hall–Kier alpha value is -3.37. The topological polar surface area (TPSA) is 34.5 Å². The van der Waals surface area contributed by atoms with Gasteiger partial charge in [-0.2, -0.15) is 0 Å². The summed E-state index contributed by atoms with van der Waals surface area (Å²) < 4.78 is 7.62. The van der Waals surface area contributed by atoms with Crippen molar-refractivity contribution < 1.29 is 4.74 Å². The molecule has 4 heteroatoms. The predicted octanol–water partition coefficient (Wildman–Crippen LogP) is 5.58. The second-order valence-electron chi connectivity index (χ2n) is 8.76. The first-order valence-electron chi connectivity index (χ1n) is 11.2. The third-order valence-electron chi connectivity index (χ3n) is 6.23. The molecule has 0 N–H and O–H groups in total. The van der Waals surface area contributed by atoms with Gasteiger partial charge in [0.1, 0.15) is 0 Å². The summed E-state index contributed by atoms with van der Waals surface area (Å²) >= 11 is 0. The highest BCUT2D eigenvalue weighted by molar-refractivity contribution is 5.98. The number of ether oxygens (including phenoxy) is 1. The van der Waals surface area contributed by atoms with Gasteiger partial charge in [0.2, 0.25) is 0 Å². The van der Waals surface area contributed by atoms with Gasteiger partial charge in [0, 0.05) is 36.0 Å². The maximum atomic E-state index is 13.5. The molecule has 0 bridgehead atoms. The van der Waals surface area contributed by atoms with Gasteiger partial charge in [-0.1, -0.05) is 42.5 Å². The molecule has 1 saturated heterocycles. The van der Waals surface area contributed by atoms with Crippen molar-refractivity contribution >= 4 is 16.5 Å². The number of fused-ring (bicyclic) bond motifs is 1. The van der Waals surface area contributed by atoms with E-state index in [1.54, 1.807) is 4.57 Å². The number of rotatable bonds is 3. The number of nitrogens with zero attached hydrogens (tertiary/aromatic N) is 2. The van der Waals surface area contributed by atoms with Gasteiger partial charge >= 0.3 is 0 Å². The average molecular weight is 425 g/mol. The van der Waals surface area contributed by atoms with Crippen molar-refractivity contribution in [1.82, 2.24) is 4.57 Å². The lowest BCUT2D eigenvalue weighted by molar-refractivity contribution is -0.00521. The van der Waals surface area contributed by atoms with Crippen LogP contribution in [0.15, 0.2) is 83.8 Å². The summed E-state index contributed by atoms with van der Waals surface area (Å²) in [5.74, 6) is 0. The van der Waals surface area contributed by atoms with Crippen molar-refractivity contribution in [3.8, 4) is 16.8 Å². The Bertz CT molecular complexity index is 1300. The fourth-order valence-corrected chi connectivity index (χ4v) is 4.86. The smallest absolute Gasteiger partial charge is 0.262 e. The summed E-state index contributed by atoms with van der Waals surface area (Å²) in [6.45, 7) is 8.05. The maximum Gasteiger partial charge on any atom is 0.262 e. The van der Waals surface area contributed by atoms with E-state index < -0.39 is 0 Å². The highest BCUT2D eigenvalue weighted by Gasteiger charge is 2.22. The van der Waals surface area contributed by atoms with Gasteiger partial charge in [-0.05, 0) is 73.2 Å². The highest BCUT2D eigenvalue weighted by atomic mass is 16.5. The number of pyridine rings is 1. The third-order valence-corrected chi connectivity index (χ3v) is 6.23. The minimum absolute atomic E-state index is 0.00440. The minimum Gasteiger partial charge on any atom is -0.372 e. The lowest BCUT2D eigenvalue weighted by Gasteiger charge is -2.36. The fourth-order valence-electron chi connectivity index (χ4n) is 4.86. The van der Waals surface area contributed by atoms with E-state index in [4.69, 9.17) is 4.74 Å². The molecule has 0 saturated carbocycles. The Balaban J connectivity index is 1.56. The Morgan fingerprint density at radius 3 is 2.16 bits per heavy atom. The summed E-state index contributed by atoms with van der Waals surface area (Å²) in [6.07, 6.45) is 2.39. The molecule has 1 aliphatic rings. The van der Waals surface area contributed by atoms with Gasteiger partial charge in [-0.3, -0.25) is 9.36 Å². The van der Waals surface area contributed by atoms with Gasteiger partial charge < -0.3 is 9.64 Å². The Morgan fingerprint density at radius 2 is 1.47 bits per heavy atom. The van der Waals surface area contributed by atoms with E-state index in [9.17, 15) is 4.79 Å². The molecule has 0 radical (unpaired) electrons. The standard InChI is InChI=1S/C28H28N2O2/c1-19-16-30(24-14-12-23(13-15-24)29-17-20(2)32-21(3)18-29)28(31)26-11-7-10-25(27(19)26)22-8-5-4-6-9-22/h4-16,20-21H,17-18H2,1-3H3/t20-,21+. The van der Waals surface area contributed by atoms with Crippen LogP contribution in [0.2, 0.25) is 0 Å². The van der Waals surface area contributed by atoms with E-state index in [0.29, 0.717) is 0 Å². The van der Waals surface area contributed by atoms with E-state index >= 15 is 0 Å². The molecule has 1 aliphatic heterocycles. The van der Waals surface area contributed by atoms with Crippen LogP contribution in [0.25, 0.3) is 27.6 Å². The molecule has 2 heterocycles. The van der Waals surface area contributed by atoms with E-state index in [0.717, 1.165) is 51.9 Å². The zero-order valence-electron chi connectivity index (χ0n) is 18.8. The summed E-state index contributed by atoms with van der Waals surface area (Å²) in [6, 6.07) is 24.5. The molecular formula is C28H28N2O2. The molecule has 162 valence electrons. The third kappa shape index (κ3) is 3.71. The molecule has 0 aliphatic carbocycles. The predicted molar refractivity (Wildman–Crippen MR) is 132 cm³/mol. The fraction of sp³-hybridized carbons (Fsp3) is 0.250. The average Bonchev–Trinajstić information content (AvgIpc) is 2.81. The number of aromatic nitrogens is 1. The van der Waals surface area contributed by atoms with Gasteiger partial charge in [0.05, 0.1) is 12.2 Å². The first kappa shape index (κ1) is 20.5. The summed E-state index contributed by atoms with van der Waals surface area (Å²) in [7, 11) is 0. The van der Waals surface area contributed by atoms with Crippen LogP contribution in [-0.2, 0) is 4.74 Å². The molecule has 0 amide bonds. The molecule has 32 heavy (non-hydrogen) atoms. The van der Waals surface area contributed by atoms with Crippen molar-refractivity contribution in [3.63, 3.8) is 0 Å². The number of hydrogen-bond donors (Lipinski definition) is 0. The van der Waals surface area contributed by atoms with E-state index in [2.05, 4.69) is 56.0 Å². The van der Waals surface area contributed by atoms with Gasteiger partial charge in [0.15, 0.2) is 0 Å². The van der Waals surface area contributed by atoms with Crippen LogP contribution in [-0.4, -0.2) is 29.9 Å². The van der Waals surface area contributed by atoms with Crippen molar-refractivity contribution in [2.75, 3.05) is 18.0 Å². The normalized spacial score (nSPS) is 18.8. The van der Waals surface area contributed by atoms with Crippen LogP contribution in [0.1, 0.15) is 19.4 Å². The number of aryl methyl sites for hydroxylation is 1. The van der Waals surface area contributed by atoms with E-state index in [1.165, 1.54) is 0 Å². The van der Waals surface area contributed by atoms with Crippen LogP contribution < -0.4 is 10.5 Å². The highest BCUT2D eigenvalue weighted by Crippen LogP contribution is 2.30. The largest absolute Gasteiger partial charge is 0.372 e. The van der Waals surface area contributed by atoms with Crippen molar-refractivity contribution in [1.29, 1.82) is 0 Å². The minimum atomic E-state index is 0.00440. The Labute approximate surface area is 188 Å². The van der Waals surface area contributed by atoms with Crippen LogP contribution in [0, 0.1) is 6.92 Å². The summed E-state index contributed by atoms with van der Waals surface area (Å²) in [5, 5.41) is 1.76. The molecule has 1 aromatic heterocycles. The molecule has 5 rings (SSSR count). The van der Waals surface area contributed by atoms with Crippen LogP contribution in [0.5, 0.6) is 0 Å². The Morgan fingerprint density at radius 1 is 0.812 bits per heavy atom. The van der Waals surface area contributed by atoms with Crippen LogP contribution >= 0.6 is 0 Å². The molecule has 4 aromatic rings. The molecule has 0 unspecified atom stereocenters. The summed E-state index contributed by atoms with van der Waals surface area (Å²) in [4.78, 5) is 15.8. The molecule has 2 atom stereocenters. The number of benzene rings is 3. The van der Waals surface area contributed by atoms with Crippen molar-refractivity contribution in [3.05, 3.63) is 94.9 Å². The lowest BCUT2D eigenvalue weighted by Crippen LogP contribution is -2.45. The first-order valence-corrected chi connectivity index (χ1v) is 11.2. The van der Waals surface area contributed by atoms with Gasteiger partial charge in [-0.25, -0.2) is 0 Å². The molecular weight excluding hydrogens is 396 g/mol. The monoisotopic (exact) mass is 424 g/mol. The van der Waals surface area contributed by atoms with Gasteiger partial charge in [0.25, 0.3) is 5.56 Å². The molecule has 4 nitrogen and oxygen atoms in total. The maximum absolute atomic E-state index is 13.5. The molecule has 3 aromatic carbocycles. The number of anilines is 1. The zero-order chi connectivity index (χ0) is 22.2. The lowest BCUT2D eigenvalue weighted by atomic mass is 9.96. The van der Waals surface area contributed by atoms with Gasteiger partial charge in [-0.15, -0.1) is 0 Å². The Kier molecular flexibility index (Phi) is 5.32. The quantitative estimate of drug-likeness (QED) is 0.431. The van der Waals surface area contributed by atoms with E-state index in [1.807, 2.05) is 48.7 Å². The van der Waals surface area contributed by atoms with E-state index in [-0.39, 0.29) is 17.8 Å². The molecule has 1 fully saturated rings.